The Balaban J connectivity index is 1.83. The number of anilines is 2. The van der Waals surface area contributed by atoms with Gasteiger partial charge in [0.1, 0.15) is 17.2 Å². The topological polar surface area (TPSA) is 88.5 Å². The molecule has 96 valence electrons. The van der Waals surface area contributed by atoms with Gasteiger partial charge in [-0.25, -0.2) is 0 Å². The molecule has 0 aromatic carbocycles. The zero-order chi connectivity index (χ0) is 12.9. The van der Waals surface area contributed by atoms with Gasteiger partial charge in [-0.15, -0.1) is 20.4 Å². The van der Waals surface area contributed by atoms with Gasteiger partial charge in [0.15, 0.2) is 0 Å². The molecule has 2 N–H and O–H groups in total. The second kappa shape index (κ2) is 5.67. The highest BCUT2D eigenvalue weighted by Gasteiger charge is 2.15. The van der Waals surface area contributed by atoms with Gasteiger partial charge in [0.2, 0.25) is 10.3 Å². The average molecular weight is 291 g/mol. The summed E-state index contributed by atoms with van der Waals surface area (Å²) in [6, 6.07) is 5.72. The van der Waals surface area contributed by atoms with E-state index in [-0.39, 0.29) is 6.17 Å². The molecule has 3 aromatic heterocycles. The highest BCUT2D eigenvalue weighted by molar-refractivity contribution is 7.13. The Morgan fingerprint density at radius 2 is 1.63 bits per heavy atom. The van der Waals surface area contributed by atoms with Crippen LogP contribution in [0.1, 0.15) is 11.9 Å². The first kappa shape index (κ1) is 11.9. The van der Waals surface area contributed by atoms with Crippen molar-refractivity contribution < 1.29 is 0 Å². The van der Waals surface area contributed by atoms with Gasteiger partial charge < -0.3 is 10.6 Å². The Kier molecular flexibility index (Phi) is 3.56. The summed E-state index contributed by atoms with van der Waals surface area (Å²) in [5.74, 6) is 0. The van der Waals surface area contributed by atoms with Gasteiger partial charge in [-0.05, 0) is 12.1 Å². The predicted molar refractivity (Wildman–Crippen MR) is 74.0 cm³/mol. The lowest BCUT2D eigenvalue weighted by molar-refractivity contribution is 0.840. The molecule has 0 fully saturated rings. The van der Waals surface area contributed by atoms with E-state index >= 15 is 0 Å². The minimum atomic E-state index is -0.234. The van der Waals surface area contributed by atoms with Gasteiger partial charge in [-0.1, -0.05) is 28.7 Å². The van der Waals surface area contributed by atoms with Crippen molar-refractivity contribution in [2.24, 2.45) is 0 Å². The third-order valence-electron chi connectivity index (χ3n) is 2.24. The summed E-state index contributed by atoms with van der Waals surface area (Å²) in [6.45, 7) is 0. The molecule has 3 aromatic rings. The third-order valence-corrected chi connectivity index (χ3v) is 3.48. The number of aromatic nitrogens is 5. The molecule has 0 atom stereocenters. The normalized spacial score (nSPS) is 10.6. The van der Waals surface area contributed by atoms with Gasteiger partial charge in [0.05, 0.1) is 5.69 Å². The fourth-order valence-corrected chi connectivity index (χ4v) is 2.40. The minimum absolute atomic E-state index is 0.234. The van der Waals surface area contributed by atoms with Crippen molar-refractivity contribution in [3.63, 3.8) is 0 Å². The molecule has 0 unspecified atom stereocenters. The summed E-state index contributed by atoms with van der Waals surface area (Å²) < 4.78 is 0. The van der Waals surface area contributed by atoms with Crippen molar-refractivity contribution in [3.05, 3.63) is 41.1 Å². The van der Waals surface area contributed by atoms with E-state index in [9.17, 15) is 0 Å². The molecular weight excluding hydrogens is 282 g/mol. The SMILES string of the molecule is c1ccc(C(Nc2nncs2)Nc2nncs2)nc1. The molecule has 7 nitrogen and oxygen atoms in total. The molecule has 0 saturated carbocycles. The van der Waals surface area contributed by atoms with Crippen LogP contribution in [0.2, 0.25) is 0 Å². The maximum absolute atomic E-state index is 4.33. The van der Waals surface area contributed by atoms with Crippen LogP contribution in [-0.2, 0) is 0 Å². The summed E-state index contributed by atoms with van der Waals surface area (Å²) in [5, 5.41) is 23.4. The summed E-state index contributed by atoms with van der Waals surface area (Å²) >= 11 is 2.85. The van der Waals surface area contributed by atoms with Crippen LogP contribution in [0, 0.1) is 0 Å². The molecule has 0 amide bonds. The molecule has 3 rings (SSSR count). The molecule has 3 heterocycles. The number of nitrogens with one attached hydrogen (secondary N) is 2. The predicted octanol–water partition coefficient (Wildman–Crippen LogP) is 2.01. The first-order valence-electron chi connectivity index (χ1n) is 5.38. The Hall–Kier alpha value is -2.13. The lowest BCUT2D eigenvalue weighted by atomic mass is 10.3. The van der Waals surface area contributed by atoms with E-state index in [1.807, 2.05) is 18.2 Å². The van der Waals surface area contributed by atoms with Crippen LogP contribution in [0.25, 0.3) is 0 Å². The number of hydrogen-bond acceptors (Lipinski definition) is 9. The lowest BCUT2D eigenvalue weighted by Crippen LogP contribution is -2.20. The summed E-state index contributed by atoms with van der Waals surface area (Å²) in [7, 11) is 0. The van der Waals surface area contributed by atoms with Gasteiger partial charge in [0.25, 0.3) is 0 Å². The Labute approximate surface area is 116 Å². The third kappa shape index (κ3) is 3.01. The standard InChI is InChI=1S/C10H9N7S2/c1-2-4-11-7(3-1)8(14-9-16-12-5-18-9)15-10-17-13-6-19-10/h1-6,8H,(H,14,16)(H,15,17). The molecule has 9 heteroatoms. The van der Waals surface area contributed by atoms with E-state index in [0.717, 1.165) is 5.69 Å². The largest absolute Gasteiger partial charge is 0.335 e. The van der Waals surface area contributed by atoms with Crippen LogP contribution in [0.15, 0.2) is 35.4 Å². The zero-order valence-corrected chi connectivity index (χ0v) is 11.2. The first-order valence-corrected chi connectivity index (χ1v) is 7.14. The molecule has 0 spiro atoms. The number of rotatable bonds is 5. The Bertz CT molecular complexity index is 560. The number of nitrogens with zero attached hydrogens (tertiary/aromatic N) is 5. The summed E-state index contributed by atoms with van der Waals surface area (Å²) in [5.41, 5.74) is 4.18. The monoisotopic (exact) mass is 291 g/mol. The van der Waals surface area contributed by atoms with E-state index in [1.165, 1.54) is 22.7 Å². The molecule has 0 bridgehead atoms. The minimum Gasteiger partial charge on any atom is -0.335 e. The van der Waals surface area contributed by atoms with Crippen molar-refractivity contribution in [3.8, 4) is 0 Å². The van der Waals surface area contributed by atoms with E-state index in [2.05, 4.69) is 36.0 Å². The van der Waals surface area contributed by atoms with Crippen LogP contribution in [-0.4, -0.2) is 25.4 Å². The molecule has 19 heavy (non-hydrogen) atoms. The van der Waals surface area contributed by atoms with Crippen LogP contribution in [0.5, 0.6) is 0 Å². The van der Waals surface area contributed by atoms with Crippen LogP contribution in [0.3, 0.4) is 0 Å². The van der Waals surface area contributed by atoms with E-state index in [1.54, 1.807) is 17.2 Å². The maximum atomic E-state index is 4.33. The fourth-order valence-electron chi connectivity index (χ4n) is 1.45. The molecule has 0 radical (unpaired) electrons. The number of pyridine rings is 1. The van der Waals surface area contributed by atoms with Crippen molar-refractivity contribution in [1.29, 1.82) is 0 Å². The molecule has 0 aliphatic heterocycles. The van der Waals surface area contributed by atoms with Gasteiger partial charge >= 0.3 is 0 Å². The van der Waals surface area contributed by atoms with Crippen molar-refractivity contribution in [2.45, 2.75) is 6.17 Å². The maximum Gasteiger partial charge on any atom is 0.207 e. The quantitative estimate of drug-likeness (QED) is 0.695. The van der Waals surface area contributed by atoms with Gasteiger partial charge in [-0.3, -0.25) is 4.98 Å². The smallest absolute Gasteiger partial charge is 0.207 e. The molecular formula is C10H9N7S2. The van der Waals surface area contributed by atoms with Crippen molar-refractivity contribution in [2.75, 3.05) is 10.6 Å². The highest BCUT2D eigenvalue weighted by Crippen LogP contribution is 2.22. The van der Waals surface area contributed by atoms with Crippen LogP contribution < -0.4 is 10.6 Å². The first-order chi connectivity index (χ1) is 9.42. The van der Waals surface area contributed by atoms with Crippen LogP contribution in [0.4, 0.5) is 10.3 Å². The van der Waals surface area contributed by atoms with Crippen LogP contribution >= 0.6 is 22.7 Å². The van der Waals surface area contributed by atoms with Gasteiger partial charge in [-0.2, -0.15) is 0 Å². The fraction of sp³-hybridized carbons (Fsp3) is 0.100. The lowest BCUT2D eigenvalue weighted by Gasteiger charge is -2.17. The average Bonchev–Trinajstić information content (AvgIpc) is 3.12. The van der Waals surface area contributed by atoms with E-state index in [0.29, 0.717) is 10.3 Å². The zero-order valence-electron chi connectivity index (χ0n) is 9.59. The Morgan fingerprint density at radius 3 is 2.11 bits per heavy atom. The van der Waals surface area contributed by atoms with E-state index in [4.69, 9.17) is 0 Å². The molecule has 0 aliphatic rings. The van der Waals surface area contributed by atoms with Gasteiger partial charge in [0, 0.05) is 6.20 Å². The second-order valence-electron chi connectivity index (χ2n) is 3.46. The summed E-state index contributed by atoms with van der Waals surface area (Å²) in [4.78, 5) is 4.33. The van der Waals surface area contributed by atoms with E-state index < -0.39 is 0 Å². The van der Waals surface area contributed by atoms with Crippen molar-refractivity contribution in [1.82, 2.24) is 25.4 Å². The number of hydrogen-bond donors (Lipinski definition) is 2. The Morgan fingerprint density at radius 1 is 0.947 bits per heavy atom. The highest BCUT2D eigenvalue weighted by atomic mass is 32.1. The summed E-state index contributed by atoms with van der Waals surface area (Å²) in [6.07, 6.45) is 1.51. The molecule has 0 saturated heterocycles. The molecule has 0 aliphatic carbocycles. The second-order valence-corrected chi connectivity index (χ2v) is 5.13. The van der Waals surface area contributed by atoms with Crippen molar-refractivity contribution >= 4 is 32.9 Å².